The van der Waals surface area contributed by atoms with Crippen molar-refractivity contribution >= 4 is 39.3 Å². The van der Waals surface area contributed by atoms with Gasteiger partial charge in [-0.1, -0.05) is 18.2 Å². The van der Waals surface area contributed by atoms with Crippen molar-refractivity contribution in [2.45, 2.75) is 32.0 Å². The van der Waals surface area contributed by atoms with Crippen LogP contribution in [0.15, 0.2) is 54.6 Å². The van der Waals surface area contributed by atoms with Crippen molar-refractivity contribution in [2.24, 2.45) is 5.73 Å². The molecule has 14 heteroatoms. The van der Waals surface area contributed by atoms with Gasteiger partial charge in [0, 0.05) is 68.6 Å². The molecule has 0 saturated carbocycles. The average Bonchev–Trinajstić information content (AvgIpc) is 3.34. The van der Waals surface area contributed by atoms with E-state index in [-0.39, 0.29) is 25.3 Å². The number of carboxylic acid groups (broad SMARTS) is 1. The number of fused-ring (bicyclic) bond motifs is 1. The number of carbonyl (C=O) groups excluding carboxylic acids is 2. The number of anilines is 2. The van der Waals surface area contributed by atoms with Gasteiger partial charge in [0.1, 0.15) is 17.6 Å². The van der Waals surface area contributed by atoms with E-state index in [1.165, 1.54) is 15.5 Å². The molecule has 3 heterocycles. The van der Waals surface area contributed by atoms with Crippen molar-refractivity contribution in [1.29, 1.82) is 0 Å². The van der Waals surface area contributed by atoms with E-state index in [1.54, 1.807) is 19.2 Å². The highest BCUT2D eigenvalue weighted by Gasteiger charge is 2.36. The van der Waals surface area contributed by atoms with Crippen LogP contribution in [0, 0.1) is 0 Å². The van der Waals surface area contributed by atoms with Crippen molar-refractivity contribution in [1.82, 2.24) is 14.2 Å². The highest BCUT2D eigenvalue weighted by atomic mass is 32.2. The molecule has 1 unspecified atom stereocenters. The molecule has 45 heavy (non-hydrogen) atoms. The number of nitrogens with zero attached hydrogens (tertiary/aromatic N) is 4. The summed E-state index contributed by atoms with van der Waals surface area (Å²) in [6.45, 7) is 2.36. The van der Waals surface area contributed by atoms with E-state index < -0.39 is 27.9 Å². The minimum absolute atomic E-state index is 0.0727. The lowest BCUT2D eigenvalue weighted by Crippen LogP contribution is -2.48. The minimum atomic E-state index is -3.29. The molecule has 0 radical (unpaired) electrons. The maximum atomic E-state index is 13.2. The minimum Gasteiger partial charge on any atom is -0.497 e. The fourth-order valence-corrected chi connectivity index (χ4v) is 6.44. The van der Waals surface area contributed by atoms with Crippen LogP contribution in [-0.4, -0.2) is 91.1 Å². The van der Waals surface area contributed by atoms with E-state index in [4.69, 9.17) is 20.6 Å². The van der Waals surface area contributed by atoms with Crippen molar-refractivity contribution in [3.05, 3.63) is 71.3 Å². The molecule has 1 aromatic heterocycles. The molecule has 4 N–H and O–H groups in total. The Bertz CT molecular complexity index is 1710. The van der Waals surface area contributed by atoms with Gasteiger partial charge in [-0.3, -0.25) is 14.4 Å². The van der Waals surface area contributed by atoms with Gasteiger partial charge in [-0.15, -0.1) is 0 Å². The molecule has 1 fully saturated rings. The maximum absolute atomic E-state index is 13.2. The van der Waals surface area contributed by atoms with Gasteiger partial charge in [0.15, 0.2) is 0 Å². The van der Waals surface area contributed by atoms with E-state index in [0.717, 1.165) is 22.6 Å². The van der Waals surface area contributed by atoms with Crippen LogP contribution in [0.2, 0.25) is 0 Å². The van der Waals surface area contributed by atoms with Crippen LogP contribution < -0.4 is 20.7 Å². The summed E-state index contributed by atoms with van der Waals surface area (Å²) >= 11 is 0. The van der Waals surface area contributed by atoms with E-state index in [1.807, 2.05) is 42.5 Å². The molecule has 13 nitrogen and oxygen atoms in total. The lowest BCUT2D eigenvalue weighted by Gasteiger charge is -2.35. The number of pyridine rings is 1. The summed E-state index contributed by atoms with van der Waals surface area (Å²) in [6, 6.07) is 15.8. The summed E-state index contributed by atoms with van der Waals surface area (Å²) in [7, 11) is -1.67. The van der Waals surface area contributed by atoms with E-state index in [9.17, 15) is 22.8 Å². The Labute approximate surface area is 261 Å². The summed E-state index contributed by atoms with van der Waals surface area (Å²) in [5.41, 5.74) is 9.93. The highest BCUT2D eigenvalue weighted by Crippen LogP contribution is 2.33. The van der Waals surface area contributed by atoms with Gasteiger partial charge in [-0.05, 0) is 47.9 Å². The van der Waals surface area contributed by atoms with E-state index in [0.29, 0.717) is 55.4 Å². The first-order chi connectivity index (χ1) is 21.4. The number of ether oxygens (including phenoxy) is 1. The van der Waals surface area contributed by atoms with Crippen molar-refractivity contribution in [3.8, 4) is 17.0 Å². The Morgan fingerprint density at radius 1 is 1.07 bits per heavy atom. The second kappa shape index (κ2) is 13.1. The topological polar surface area (TPSA) is 175 Å². The van der Waals surface area contributed by atoms with Crippen LogP contribution >= 0.6 is 0 Å². The lowest BCUT2D eigenvalue weighted by atomic mass is 10.0. The van der Waals surface area contributed by atoms with Gasteiger partial charge in [-0.2, -0.15) is 4.31 Å². The Kier molecular flexibility index (Phi) is 9.25. The largest absolute Gasteiger partial charge is 0.497 e. The van der Waals surface area contributed by atoms with Gasteiger partial charge in [0.05, 0.1) is 19.1 Å². The normalized spacial score (nSPS) is 15.9. The number of nitrogens with one attached hydrogen (secondary N) is 1. The molecule has 5 rings (SSSR count). The maximum Gasteiger partial charge on any atom is 0.303 e. The van der Waals surface area contributed by atoms with Crippen LogP contribution in [0.3, 0.4) is 0 Å². The summed E-state index contributed by atoms with van der Waals surface area (Å²) in [5.74, 6) is -0.835. The number of hydrogen-bond acceptors (Lipinski definition) is 9. The van der Waals surface area contributed by atoms with Crippen molar-refractivity contribution in [2.75, 3.05) is 49.8 Å². The average molecular weight is 637 g/mol. The molecule has 0 aliphatic carbocycles. The van der Waals surface area contributed by atoms with E-state index in [2.05, 4.69) is 10.2 Å². The monoisotopic (exact) mass is 636 g/mol. The van der Waals surface area contributed by atoms with Gasteiger partial charge in [0.2, 0.25) is 15.9 Å². The number of nitrogens with two attached hydrogens (primary N) is 1. The summed E-state index contributed by atoms with van der Waals surface area (Å²) < 4.78 is 30.9. The Morgan fingerprint density at radius 3 is 2.40 bits per heavy atom. The molecule has 0 spiro atoms. The summed E-state index contributed by atoms with van der Waals surface area (Å²) in [6.07, 6.45) is 0.850. The zero-order valence-electron chi connectivity index (χ0n) is 25.1. The fraction of sp³-hybridized carbons (Fsp3) is 0.355. The first kappa shape index (κ1) is 31.7. The number of aliphatic carboxylic acids is 1. The molecule has 2 aliphatic rings. The van der Waals surface area contributed by atoms with Gasteiger partial charge in [-0.25, -0.2) is 13.4 Å². The number of amides is 2. The number of aromatic nitrogens is 1. The zero-order chi connectivity index (χ0) is 32.3. The SMILES string of the molecule is COc1ccc(CNc2cc(N3CCN(S(C)(=O)=O)CC3)cc(-c3ccc4c(c3)CN(C(CCC(=O)O)C(N)=O)C4=O)n2)cc1. The number of carbonyl (C=O) groups is 3. The van der Waals surface area contributed by atoms with Gasteiger partial charge in [0.25, 0.3) is 5.91 Å². The molecule has 1 saturated heterocycles. The smallest absolute Gasteiger partial charge is 0.303 e. The summed E-state index contributed by atoms with van der Waals surface area (Å²) in [4.78, 5) is 44.8. The molecule has 2 aromatic carbocycles. The number of primary amides is 1. The molecular formula is C31H36N6O7S. The Morgan fingerprint density at radius 2 is 1.78 bits per heavy atom. The third kappa shape index (κ3) is 7.35. The number of methoxy groups -OCH3 is 1. The quantitative estimate of drug-likeness (QED) is 0.267. The molecule has 0 bridgehead atoms. The van der Waals surface area contributed by atoms with Crippen LogP contribution in [0.5, 0.6) is 5.75 Å². The van der Waals surface area contributed by atoms with Crippen LogP contribution in [0.25, 0.3) is 11.3 Å². The molecule has 1 atom stereocenters. The van der Waals surface area contributed by atoms with E-state index >= 15 is 0 Å². The van der Waals surface area contributed by atoms with Gasteiger partial charge < -0.3 is 30.7 Å². The van der Waals surface area contributed by atoms with Crippen LogP contribution in [0.1, 0.15) is 34.3 Å². The van der Waals surface area contributed by atoms with Crippen molar-refractivity contribution < 1.29 is 32.6 Å². The summed E-state index contributed by atoms with van der Waals surface area (Å²) in [5, 5.41) is 12.5. The number of benzene rings is 2. The predicted octanol–water partition coefficient (Wildman–Crippen LogP) is 2.13. The predicted molar refractivity (Wildman–Crippen MR) is 168 cm³/mol. The second-order valence-electron chi connectivity index (χ2n) is 11.1. The third-order valence-corrected chi connectivity index (χ3v) is 9.39. The molecular weight excluding hydrogens is 600 g/mol. The lowest BCUT2D eigenvalue weighted by molar-refractivity contribution is -0.137. The zero-order valence-corrected chi connectivity index (χ0v) is 25.9. The number of sulfonamides is 1. The highest BCUT2D eigenvalue weighted by molar-refractivity contribution is 7.88. The number of piperazine rings is 1. The molecule has 238 valence electrons. The third-order valence-electron chi connectivity index (χ3n) is 8.08. The first-order valence-electron chi connectivity index (χ1n) is 14.5. The van der Waals surface area contributed by atoms with Gasteiger partial charge >= 0.3 is 5.97 Å². The number of rotatable bonds is 12. The first-order valence-corrected chi connectivity index (χ1v) is 16.3. The van der Waals surface area contributed by atoms with Crippen LogP contribution in [0.4, 0.5) is 11.5 Å². The Balaban J connectivity index is 1.43. The van der Waals surface area contributed by atoms with Crippen molar-refractivity contribution in [3.63, 3.8) is 0 Å². The standard InChI is InChI=1S/C31H36N6O7S/c1-44-24-6-3-20(4-7-24)18-33-28-17-23(35-11-13-36(14-12-35)45(2,42)43)16-26(34-28)21-5-8-25-22(15-21)19-37(31(25)41)27(30(32)40)9-10-29(38)39/h3-8,15-17,27H,9-14,18-19H2,1-2H3,(H2,32,40)(H,33,34)(H,38,39). The second-order valence-corrected chi connectivity index (χ2v) is 13.1. The number of carboxylic acids is 1. The Hall–Kier alpha value is -4.69. The number of hydrogen-bond donors (Lipinski definition) is 3. The fourth-order valence-electron chi connectivity index (χ4n) is 5.62. The van der Waals surface area contributed by atoms with Crippen LogP contribution in [-0.2, 0) is 32.7 Å². The molecule has 3 aromatic rings. The molecule has 2 aliphatic heterocycles. The molecule has 2 amide bonds.